The summed E-state index contributed by atoms with van der Waals surface area (Å²) < 4.78 is 0. The lowest BCUT2D eigenvalue weighted by molar-refractivity contribution is -0.137. The number of hydrogen-bond donors (Lipinski definition) is 2. The smallest absolute Gasteiger partial charge is 0.317 e. The van der Waals surface area contributed by atoms with E-state index in [1.54, 1.807) is 0 Å². The molecule has 1 rings (SSSR count). The Hall–Kier alpha value is -1.30. The quantitative estimate of drug-likeness (QED) is 0.750. The molecule has 1 aliphatic heterocycles. The van der Waals surface area contributed by atoms with E-state index in [9.17, 15) is 9.59 Å². The first-order chi connectivity index (χ1) is 8.99. The fourth-order valence-corrected chi connectivity index (χ4v) is 2.31. The second kappa shape index (κ2) is 7.99. The van der Waals surface area contributed by atoms with Gasteiger partial charge in [0.05, 0.1) is 0 Å². The topological polar surface area (TPSA) is 72.9 Å². The molecule has 19 heavy (non-hydrogen) atoms. The van der Waals surface area contributed by atoms with Crippen LogP contribution < -0.4 is 5.32 Å². The van der Waals surface area contributed by atoms with Crippen LogP contribution in [-0.2, 0) is 4.79 Å². The molecular formula is C13H25N3O3. The Morgan fingerprint density at radius 3 is 2.79 bits per heavy atom. The molecule has 110 valence electrons. The number of carbonyl (C=O) groups excluding carboxylic acids is 1. The van der Waals surface area contributed by atoms with E-state index in [2.05, 4.69) is 5.32 Å². The summed E-state index contributed by atoms with van der Waals surface area (Å²) in [6.45, 7) is 2.92. The average molecular weight is 271 g/mol. The predicted molar refractivity (Wildman–Crippen MR) is 73.1 cm³/mol. The van der Waals surface area contributed by atoms with Crippen LogP contribution in [0.15, 0.2) is 0 Å². The number of aliphatic carboxylic acids is 1. The first-order valence-electron chi connectivity index (χ1n) is 6.88. The van der Waals surface area contributed by atoms with E-state index in [1.165, 1.54) is 0 Å². The van der Waals surface area contributed by atoms with Gasteiger partial charge in [0.25, 0.3) is 0 Å². The van der Waals surface area contributed by atoms with Crippen molar-refractivity contribution in [1.82, 2.24) is 15.1 Å². The first-order valence-corrected chi connectivity index (χ1v) is 6.88. The van der Waals surface area contributed by atoms with Crippen molar-refractivity contribution in [2.75, 3.05) is 40.3 Å². The lowest BCUT2D eigenvalue weighted by atomic mass is 9.93. The van der Waals surface area contributed by atoms with Crippen molar-refractivity contribution in [3.8, 4) is 0 Å². The van der Waals surface area contributed by atoms with Crippen LogP contribution >= 0.6 is 0 Å². The molecule has 1 heterocycles. The average Bonchev–Trinajstić information content (AvgIpc) is 2.36. The summed E-state index contributed by atoms with van der Waals surface area (Å²) in [6, 6.07) is -0.0260. The fraction of sp³-hybridized carbons (Fsp3) is 0.846. The summed E-state index contributed by atoms with van der Waals surface area (Å²) in [5.74, 6) is -0.433. The molecule has 6 heteroatoms. The van der Waals surface area contributed by atoms with E-state index in [0.29, 0.717) is 25.4 Å². The van der Waals surface area contributed by atoms with E-state index in [4.69, 9.17) is 5.11 Å². The minimum Gasteiger partial charge on any atom is -0.481 e. The van der Waals surface area contributed by atoms with Crippen molar-refractivity contribution in [2.45, 2.75) is 25.7 Å². The van der Waals surface area contributed by atoms with Crippen LogP contribution in [0.2, 0.25) is 0 Å². The van der Waals surface area contributed by atoms with Crippen molar-refractivity contribution < 1.29 is 14.7 Å². The number of nitrogens with one attached hydrogen (secondary N) is 1. The highest BCUT2D eigenvalue weighted by atomic mass is 16.4. The van der Waals surface area contributed by atoms with E-state index in [-0.39, 0.29) is 12.5 Å². The van der Waals surface area contributed by atoms with Gasteiger partial charge < -0.3 is 20.2 Å². The number of nitrogens with zero attached hydrogens (tertiary/aromatic N) is 2. The lowest BCUT2D eigenvalue weighted by Gasteiger charge is -2.32. The van der Waals surface area contributed by atoms with Gasteiger partial charge in [-0.25, -0.2) is 4.79 Å². The first kappa shape index (κ1) is 15.8. The second-order valence-electron chi connectivity index (χ2n) is 5.42. The highest BCUT2D eigenvalue weighted by molar-refractivity contribution is 5.74. The molecule has 2 amide bonds. The summed E-state index contributed by atoms with van der Waals surface area (Å²) in [6.07, 6.45) is 2.84. The summed E-state index contributed by atoms with van der Waals surface area (Å²) in [5, 5.41) is 11.6. The Balaban J connectivity index is 2.28. The van der Waals surface area contributed by atoms with Crippen LogP contribution in [0.5, 0.6) is 0 Å². The van der Waals surface area contributed by atoms with Gasteiger partial charge in [-0.15, -0.1) is 0 Å². The SMILES string of the molecule is CN(C)CCNC(=O)N1CCCC(CCC(=O)O)C1. The molecule has 0 aromatic heterocycles. The van der Waals surface area contributed by atoms with Gasteiger partial charge in [-0.2, -0.15) is 0 Å². The molecule has 1 saturated heterocycles. The molecule has 1 aliphatic rings. The van der Waals surface area contributed by atoms with Crippen LogP contribution in [0, 0.1) is 5.92 Å². The van der Waals surface area contributed by atoms with E-state index >= 15 is 0 Å². The van der Waals surface area contributed by atoms with E-state index < -0.39 is 5.97 Å². The molecule has 0 aromatic carbocycles. The predicted octanol–water partition coefficient (Wildman–Crippen LogP) is 0.834. The summed E-state index contributed by atoms with van der Waals surface area (Å²) >= 11 is 0. The molecule has 2 N–H and O–H groups in total. The standard InChI is InChI=1S/C13H25N3O3/c1-15(2)9-7-14-13(19)16-8-3-4-11(10-16)5-6-12(17)18/h11H,3-10H2,1-2H3,(H,14,19)(H,17,18). The van der Waals surface area contributed by atoms with E-state index in [0.717, 1.165) is 25.9 Å². The number of carboxylic acid groups (broad SMARTS) is 1. The number of hydrogen-bond acceptors (Lipinski definition) is 3. The van der Waals surface area contributed by atoms with Gasteiger partial charge in [-0.1, -0.05) is 0 Å². The summed E-state index contributed by atoms with van der Waals surface area (Å²) in [7, 11) is 3.93. The molecule has 1 atom stereocenters. The largest absolute Gasteiger partial charge is 0.481 e. The van der Waals surface area contributed by atoms with Crippen molar-refractivity contribution in [1.29, 1.82) is 0 Å². The molecule has 0 aromatic rings. The molecule has 0 radical (unpaired) electrons. The summed E-state index contributed by atoms with van der Waals surface area (Å²) in [5.41, 5.74) is 0. The van der Waals surface area contributed by atoms with Crippen LogP contribution in [0.25, 0.3) is 0 Å². The number of rotatable bonds is 6. The molecule has 0 aliphatic carbocycles. The molecule has 1 unspecified atom stereocenters. The van der Waals surface area contributed by atoms with Gasteiger partial charge in [-0.3, -0.25) is 4.79 Å². The van der Waals surface area contributed by atoms with Crippen LogP contribution in [-0.4, -0.2) is 67.2 Å². The Morgan fingerprint density at radius 2 is 2.16 bits per heavy atom. The Bertz CT molecular complexity index is 308. The Morgan fingerprint density at radius 1 is 1.42 bits per heavy atom. The van der Waals surface area contributed by atoms with Gasteiger partial charge in [0.1, 0.15) is 0 Å². The second-order valence-corrected chi connectivity index (χ2v) is 5.42. The van der Waals surface area contributed by atoms with Crippen molar-refractivity contribution in [3.05, 3.63) is 0 Å². The van der Waals surface area contributed by atoms with Crippen molar-refractivity contribution >= 4 is 12.0 Å². The third-order valence-electron chi connectivity index (χ3n) is 3.41. The lowest BCUT2D eigenvalue weighted by Crippen LogP contribution is -2.46. The number of likely N-dealkylation sites (N-methyl/N-ethyl adjacent to an activating group) is 1. The molecule has 0 bridgehead atoms. The summed E-state index contributed by atoms with van der Waals surface area (Å²) in [4.78, 5) is 26.3. The highest BCUT2D eigenvalue weighted by Crippen LogP contribution is 2.20. The van der Waals surface area contributed by atoms with Crippen LogP contribution in [0.1, 0.15) is 25.7 Å². The minimum atomic E-state index is -0.757. The maximum atomic E-state index is 11.9. The van der Waals surface area contributed by atoms with Crippen LogP contribution in [0.3, 0.4) is 0 Å². The Labute approximate surface area is 114 Å². The normalized spacial score (nSPS) is 19.5. The molecular weight excluding hydrogens is 246 g/mol. The number of carbonyl (C=O) groups is 2. The molecule has 1 fully saturated rings. The zero-order chi connectivity index (χ0) is 14.3. The number of carboxylic acids is 1. The van der Waals surface area contributed by atoms with E-state index in [1.807, 2.05) is 23.9 Å². The molecule has 6 nitrogen and oxygen atoms in total. The number of piperidine rings is 1. The van der Waals surface area contributed by atoms with Crippen LogP contribution in [0.4, 0.5) is 4.79 Å². The third kappa shape index (κ3) is 6.42. The zero-order valence-electron chi connectivity index (χ0n) is 11.9. The van der Waals surface area contributed by atoms with Gasteiger partial charge in [-0.05, 0) is 39.3 Å². The maximum absolute atomic E-state index is 11.9. The Kier molecular flexibility index (Phi) is 6.62. The van der Waals surface area contributed by atoms with Crippen molar-refractivity contribution in [2.24, 2.45) is 5.92 Å². The van der Waals surface area contributed by atoms with Gasteiger partial charge in [0.2, 0.25) is 0 Å². The van der Waals surface area contributed by atoms with Crippen molar-refractivity contribution in [3.63, 3.8) is 0 Å². The third-order valence-corrected chi connectivity index (χ3v) is 3.41. The highest BCUT2D eigenvalue weighted by Gasteiger charge is 2.23. The zero-order valence-corrected chi connectivity index (χ0v) is 11.9. The molecule has 0 saturated carbocycles. The molecule has 0 spiro atoms. The fourth-order valence-electron chi connectivity index (χ4n) is 2.31. The number of amides is 2. The number of likely N-dealkylation sites (tertiary alicyclic amines) is 1. The van der Waals surface area contributed by atoms with Gasteiger partial charge in [0.15, 0.2) is 0 Å². The monoisotopic (exact) mass is 271 g/mol. The number of urea groups is 1. The maximum Gasteiger partial charge on any atom is 0.317 e. The van der Waals surface area contributed by atoms with Gasteiger partial charge in [0, 0.05) is 32.6 Å². The van der Waals surface area contributed by atoms with Gasteiger partial charge >= 0.3 is 12.0 Å². The minimum absolute atomic E-state index is 0.0260.